The highest BCUT2D eigenvalue weighted by Crippen LogP contribution is 2.26. The lowest BCUT2D eigenvalue weighted by Gasteiger charge is -2.28. The van der Waals surface area contributed by atoms with Gasteiger partial charge >= 0.3 is 0 Å². The minimum Gasteiger partial charge on any atom is -0.378 e. The second kappa shape index (κ2) is 8.51. The Balaban J connectivity index is 1.43. The third-order valence-electron chi connectivity index (χ3n) is 5.30. The molecule has 0 radical (unpaired) electrons. The summed E-state index contributed by atoms with van der Waals surface area (Å²) in [4.78, 5) is 19.4. The van der Waals surface area contributed by atoms with Crippen molar-refractivity contribution in [3.05, 3.63) is 66.6 Å². The zero-order chi connectivity index (χ0) is 20.2. The molecular weight excluding hydrogens is 376 g/mol. The number of anilines is 2. The van der Waals surface area contributed by atoms with Crippen LogP contribution >= 0.6 is 0 Å². The fraction of sp³-hybridized carbons (Fsp3) is 0.261. The lowest BCUT2D eigenvalue weighted by Crippen LogP contribution is -2.36. The molecule has 0 spiro atoms. The Morgan fingerprint density at radius 3 is 2.87 bits per heavy atom. The van der Waals surface area contributed by atoms with Gasteiger partial charge in [0, 0.05) is 55.4 Å². The van der Waals surface area contributed by atoms with E-state index in [2.05, 4.69) is 50.5 Å². The number of hydrogen-bond donors (Lipinski definition) is 2. The smallest absolute Gasteiger partial charge is 0.163 e. The van der Waals surface area contributed by atoms with Crippen LogP contribution < -0.4 is 10.2 Å². The molecule has 1 saturated heterocycles. The van der Waals surface area contributed by atoms with E-state index in [9.17, 15) is 0 Å². The topological polar surface area (TPSA) is 79.0 Å². The molecule has 1 aliphatic rings. The molecule has 0 atom stereocenters. The van der Waals surface area contributed by atoms with Crippen LogP contribution in [-0.4, -0.2) is 52.8 Å². The zero-order valence-electron chi connectivity index (χ0n) is 16.7. The van der Waals surface area contributed by atoms with Gasteiger partial charge in [-0.1, -0.05) is 18.2 Å². The maximum atomic E-state index is 5.51. The summed E-state index contributed by atoms with van der Waals surface area (Å²) in [6.07, 6.45) is 6.53. The predicted octanol–water partition coefficient (Wildman–Crippen LogP) is 3.51. The van der Waals surface area contributed by atoms with Crippen molar-refractivity contribution in [1.29, 1.82) is 0 Å². The fourth-order valence-corrected chi connectivity index (χ4v) is 3.68. The number of ether oxygens (including phenoxy) is 1. The second-order valence-electron chi connectivity index (χ2n) is 7.35. The average Bonchev–Trinajstić information content (AvgIpc) is 3.28. The van der Waals surface area contributed by atoms with Gasteiger partial charge in [-0.15, -0.1) is 0 Å². The first-order valence-electron chi connectivity index (χ1n) is 10.3. The summed E-state index contributed by atoms with van der Waals surface area (Å²) in [5.41, 5.74) is 3.28. The van der Waals surface area contributed by atoms with Crippen LogP contribution in [0.4, 0.5) is 11.6 Å². The number of aromatic amines is 1. The van der Waals surface area contributed by atoms with Gasteiger partial charge in [0.25, 0.3) is 0 Å². The van der Waals surface area contributed by atoms with Gasteiger partial charge in [0.2, 0.25) is 0 Å². The molecule has 1 aliphatic heterocycles. The van der Waals surface area contributed by atoms with Gasteiger partial charge < -0.3 is 19.9 Å². The highest BCUT2D eigenvalue weighted by atomic mass is 16.5. The molecule has 1 fully saturated rings. The van der Waals surface area contributed by atoms with Gasteiger partial charge in [0.1, 0.15) is 11.6 Å². The summed E-state index contributed by atoms with van der Waals surface area (Å²) >= 11 is 0. The van der Waals surface area contributed by atoms with E-state index < -0.39 is 0 Å². The summed E-state index contributed by atoms with van der Waals surface area (Å²) in [5, 5.41) is 4.65. The van der Waals surface area contributed by atoms with Crippen LogP contribution in [-0.2, 0) is 11.2 Å². The molecule has 30 heavy (non-hydrogen) atoms. The van der Waals surface area contributed by atoms with E-state index in [1.165, 1.54) is 10.9 Å². The van der Waals surface area contributed by atoms with Crippen molar-refractivity contribution in [2.24, 2.45) is 0 Å². The van der Waals surface area contributed by atoms with E-state index in [1.807, 2.05) is 24.5 Å². The van der Waals surface area contributed by atoms with Gasteiger partial charge in [0.05, 0.1) is 13.2 Å². The van der Waals surface area contributed by atoms with Crippen LogP contribution in [0.25, 0.3) is 22.3 Å². The first-order chi connectivity index (χ1) is 14.8. The number of aromatic nitrogens is 4. The lowest BCUT2D eigenvalue weighted by molar-refractivity contribution is 0.122. The van der Waals surface area contributed by atoms with Crippen LogP contribution in [0, 0.1) is 0 Å². The van der Waals surface area contributed by atoms with Crippen molar-refractivity contribution >= 4 is 22.5 Å². The van der Waals surface area contributed by atoms with Crippen LogP contribution in [0.3, 0.4) is 0 Å². The normalized spacial score (nSPS) is 14.2. The predicted molar refractivity (Wildman–Crippen MR) is 119 cm³/mol. The Kier molecular flexibility index (Phi) is 5.26. The van der Waals surface area contributed by atoms with Gasteiger partial charge in [-0.05, 0) is 35.6 Å². The molecule has 7 nitrogen and oxygen atoms in total. The molecule has 0 unspecified atom stereocenters. The van der Waals surface area contributed by atoms with E-state index in [4.69, 9.17) is 14.7 Å². The zero-order valence-corrected chi connectivity index (χ0v) is 16.7. The van der Waals surface area contributed by atoms with Crippen molar-refractivity contribution in [2.75, 3.05) is 43.1 Å². The number of fused-ring (bicyclic) bond motifs is 1. The number of nitrogens with zero attached hydrogens (tertiary/aromatic N) is 4. The maximum Gasteiger partial charge on any atom is 0.163 e. The minimum atomic E-state index is 0.720. The number of hydrogen-bond acceptors (Lipinski definition) is 6. The SMILES string of the molecule is c1cncc(CCNc2cc(N3CCOCC3)nc(-c3ccc4cc[nH]c4c3)n2)c1. The van der Waals surface area contributed by atoms with Gasteiger partial charge in [0.15, 0.2) is 5.82 Å². The van der Waals surface area contributed by atoms with Gasteiger partial charge in [-0.25, -0.2) is 9.97 Å². The largest absolute Gasteiger partial charge is 0.378 e. The molecule has 0 amide bonds. The van der Waals surface area contributed by atoms with Crippen molar-refractivity contribution in [3.8, 4) is 11.4 Å². The molecule has 5 rings (SSSR count). The van der Waals surface area contributed by atoms with Crippen LogP contribution in [0.5, 0.6) is 0 Å². The Bertz CT molecular complexity index is 1120. The molecule has 152 valence electrons. The molecule has 2 N–H and O–H groups in total. The van der Waals surface area contributed by atoms with Gasteiger partial charge in [-0.3, -0.25) is 4.98 Å². The molecule has 7 heteroatoms. The van der Waals surface area contributed by atoms with Crippen molar-refractivity contribution in [1.82, 2.24) is 19.9 Å². The molecule has 3 aromatic heterocycles. The van der Waals surface area contributed by atoms with Crippen molar-refractivity contribution in [2.45, 2.75) is 6.42 Å². The average molecular weight is 400 g/mol. The highest BCUT2D eigenvalue weighted by Gasteiger charge is 2.16. The summed E-state index contributed by atoms with van der Waals surface area (Å²) in [6, 6.07) is 14.4. The fourth-order valence-electron chi connectivity index (χ4n) is 3.68. The Labute approximate surface area is 175 Å². The number of H-pyrrole nitrogens is 1. The Morgan fingerprint density at radius 2 is 2.00 bits per heavy atom. The summed E-state index contributed by atoms with van der Waals surface area (Å²) in [6.45, 7) is 3.89. The third kappa shape index (κ3) is 4.11. The monoisotopic (exact) mass is 400 g/mol. The molecule has 1 aromatic carbocycles. The number of nitrogens with one attached hydrogen (secondary N) is 2. The lowest BCUT2D eigenvalue weighted by atomic mass is 10.1. The number of pyridine rings is 1. The first-order valence-corrected chi connectivity index (χ1v) is 10.3. The quantitative estimate of drug-likeness (QED) is 0.516. The second-order valence-corrected chi connectivity index (χ2v) is 7.35. The Morgan fingerprint density at radius 1 is 1.07 bits per heavy atom. The van der Waals surface area contributed by atoms with Gasteiger partial charge in [-0.2, -0.15) is 0 Å². The van der Waals surface area contributed by atoms with E-state index in [-0.39, 0.29) is 0 Å². The standard InChI is InChI=1S/C23H24N6O/c1-2-17(16-24-7-1)5-8-26-21-15-22(29-10-12-30-13-11-29)28-23(27-21)19-4-3-18-6-9-25-20(18)14-19/h1-4,6-7,9,14-16,25H,5,8,10-13H2,(H,26,27,28). The van der Waals surface area contributed by atoms with E-state index in [0.29, 0.717) is 0 Å². The molecule has 0 saturated carbocycles. The summed E-state index contributed by atoms with van der Waals surface area (Å²) in [7, 11) is 0. The number of rotatable bonds is 6. The number of morpholine rings is 1. The maximum absolute atomic E-state index is 5.51. The molecular formula is C23H24N6O. The third-order valence-corrected chi connectivity index (χ3v) is 5.30. The highest BCUT2D eigenvalue weighted by molar-refractivity contribution is 5.84. The molecule has 0 bridgehead atoms. The first kappa shape index (κ1) is 18.6. The summed E-state index contributed by atoms with van der Waals surface area (Å²) < 4.78 is 5.51. The van der Waals surface area contributed by atoms with Crippen LogP contribution in [0.1, 0.15) is 5.56 Å². The van der Waals surface area contributed by atoms with Crippen molar-refractivity contribution in [3.63, 3.8) is 0 Å². The van der Waals surface area contributed by atoms with E-state index >= 15 is 0 Å². The Hall–Kier alpha value is -3.45. The van der Waals surface area contributed by atoms with E-state index in [0.717, 1.165) is 67.8 Å². The minimum absolute atomic E-state index is 0.720. The number of benzene rings is 1. The molecule has 4 heterocycles. The van der Waals surface area contributed by atoms with Crippen molar-refractivity contribution < 1.29 is 4.74 Å². The van der Waals surface area contributed by atoms with Crippen LogP contribution in [0.15, 0.2) is 61.1 Å². The van der Waals surface area contributed by atoms with E-state index in [1.54, 1.807) is 6.20 Å². The van der Waals surface area contributed by atoms with Crippen LogP contribution in [0.2, 0.25) is 0 Å². The molecule has 4 aromatic rings. The molecule has 0 aliphatic carbocycles. The summed E-state index contributed by atoms with van der Waals surface area (Å²) in [5.74, 6) is 2.48.